The first kappa shape index (κ1) is 23.9. The van der Waals surface area contributed by atoms with Gasteiger partial charge in [-0.2, -0.15) is 5.10 Å². The number of allylic oxidation sites excluding steroid dienone is 2. The molecule has 1 amide bonds. The predicted molar refractivity (Wildman–Crippen MR) is 135 cm³/mol. The Morgan fingerprint density at radius 2 is 2.03 bits per heavy atom. The number of aliphatic carboxylic acids is 1. The van der Waals surface area contributed by atoms with Crippen LogP contribution in [-0.2, 0) is 11.2 Å². The number of carbonyl (C=O) groups excluding carboxylic acids is 1. The maximum atomic E-state index is 15.2. The molecule has 1 aliphatic carbocycles. The summed E-state index contributed by atoms with van der Waals surface area (Å²) in [6.45, 7) is 4.84. The normalized spacial score (nSPS) is 19.1. The van der Waals surface area contributed by atoms with Crippen LogP contribution in [0.5, 0.6) is 0 Å². The van der Waals surface area contributed by atoms with E-state index in [0.717, 1.165) is 37.5 Å². The van der Waals surface area contributed by atoms with Gasteiger partial charge in [0.2, 0.25) is 0 Å². The second-order valence-electron chi connectivity index (χ2n) is 9.69. The van der Waals surface area contributed by atoms with Crippen molar-refractivity contribution in [1.29, 1.82) is 0 Å². The highest BCUT2D eigenvalue weighted by Crippen LogP contribution is 2.46. The van der Waals surface area contributed by atoms with Crippen molar-refractivity contribution in [3.8, 4) is 11.3 Å². The average Bonchev–Trinajstić information content (AvgIpc) is 3.52. The first-order valence-corrected chi connectivity index (χ1v) is 12.4. The lowest BCUT2D eigenvalue weighted by molar-refractivity contribution is -0.131. The number of nitrogens with zero attached hydrogens (tertiary/aromatic N) is 4. The van der Waals surface area contributed by atoms with Gasteiger partial charge < -0.3 is 10.0 Å². The Labute approximate surface area is 209 Å². The average molecular weight is 489 g/mol. The summed E-state index contributed by atoms with van der Waals surface area (Å²) >= 11 is 0. The van der Waals surface area contributed by atoms with Crippen LogP contribution in [0.3, 0.4) is 0 Å². The number of fused-ring (bicyclic) bond motifs is 1. The van der Waals surface area contributed by atoms with Gasteiger partial charge >= 0.3 is 5.97 Å². The molecule has 1 aromatic carbocycles. The van der Waals surface area contributed by atoms with Gasteiger partial charge in [-0.15, -0.1) is 0 Å². The fraction of sp³-hybridized carbons (Fsp3) is 0.357. The van der Waals surface area contributed by atoms with Crippen molar-refractivity contribution in [2.24, 2.45) is 5.41 Å². The fourth-order valence-corrected chi connectivity index (χ4v) is 5.59. The lowest BCUT2D eigenvalue weighted by Crippen LogP contribution is -2.52. The number of aromatic nitrogens is 3. The van der Waals surface area contributed by atoms with Gasteiger partial charge in [0.25, 0.3) is 5.91 Å². The summed E-state index contributed by atoms with van der Waals surface area (Å²) in [5.74, 6) is -1.80. The molecule has 1 N–H and O–H groups in total. The van der Waals surface area contributed by atoms with E-state index in [-0.39, 0.29) is 28.5 Å². The SMILES string of the molecule is CCc1cc(C(=O)N2CCCC3(CC=CC3)C2C)nc2cc(-c3cccc(/C=C/C(=O)O)c3F)nn12. The van der Waals surface area contributed by atoms with E-state index < -0.39 is 11.8 Å². The number of piperidine rings is 1. The van der Waals surface area contributed by atoms with E-state index in [1.165, 1.54) is 12.1 Å². The monoisotopic (exact) mass is 488 g/mol. The number of halogens is 1. The summed E-state index contributed by atoms with van der Waals surface area (Å²) in [6.07, 6.45) is 11.3. The van der Waals surface area contributed by atoms with E-state index in [9.17, 15) is 9.59 Å². The number of rotatable bonds is 5. The number of hydrogen-bond acceptors (Lipinski definition) is 4. The standard InChI is InChI=1S/C28H29FN4O3/c1-3-20-16-23(27(36)32-15-7-14-28(18(32)2)12-4-5-13-28)30-24-17-22(31-33(20)24)21-9-6-8-19(26(21)29)10-11-25(34)35/h4-6,8-11,16-18H,3,7,12-15H2,1-2H3,(H,34,35)/b11-10+. The Morgan fingerprint density at radius 3 is 2.75 bits per heavy atom. The van der Waals surface area contributed by atoms with Crippen molar-refractivity contribution in [1.82, 2.24) is 19.5 Å². The van der Waals surface area contributed by atoms with Crippen LogP contribution in [0.2, 0.25) is 0 Å². The Bertz CT molecular complexity index is 1400. The first-order valence-electron chi connectivity index (χ1n) is 12.4. The Kier molecular flexibility index (Phi) is 6.20. The molecule has 3 aromatic rings. The van der Waals surface area contributed by atoms with E-state index in [1.807, 2.05) is 11.8 Å². The van der Waals surface area contributed by atoms with Gasteiger partial charge in [0.15, 0.2) is 5.65 Å². The van der Waals surface area contributed by atoms with Crippen molar-refractivity contribution in [3.63, 3.8) is 0 Å². The number of aryl methyl sites for hydroxylation is 1. The maximum Gasteiger partial charge on any atom is 0.328 e. The second kappa shape index (κ2) is 9.33. The van der Waals surface area contributed by atoms with Gasteiger partial charge in [-0.05, 0) is 62.7 Å². The molecule has 0 radical (unpaired) electrons. The number of amides is 1. The van der Waals surface area contributed by atoms with Gasteiger partial charge in [-0.3, -0.25) is 4.79 Å². The number of hydrogen-bond donors (Lipinski definition) is 1. The third-order valence-corrected chi connectivity index (χ3v) is 7.70. The van der Waals surface area contributed by atoms with Gasteiger partial charge in [0.05, 0.1) is 5.69 Å². The summed E-state index contributed by atoms with van der Waals surface area (Å²) < 4.78 is 16.8. The highest BCUT2D eigenvalue weighted by atomic mass is 19.1. The van der Waals surface area contributed by atoms with Gasteiger partial charge in [0, 0.05) is 41.5 Å². The highest BCUT2D eigenvalue weighted by molar-refractivity contribution is 5.93. The van der Waals surface area contributed by atoms with Crippen molar-refractivity contribution >= 4 is 23.6 Å². The summed E-state index contributed by atoms with van der Waals surface area (Å²) in [6, 6.07) is 8.33. The van der Waals surface area contributed by atoms with E-state index in [2.05, 4.69) is 29.2 Å². The molecule has 5 rings (SSSR count). The Morgan fingerprint density at radius 1 is 1.25 bits per heavy atom. The molecule has 0 bridgehead atoms. The fourth-order valence-electron chi connectivity index (χ4n) is 5.59. The second-order valence-corrected chi connectivity index (χ2v) is 9.69. The molecule has 1 aliphatic heterocycles. The Balaban J connectivity index is 1.51. The highest BCUT2D eigenvalue weighted by Gasteiger charge is 2.44. The molecule has 2 aliphatic rings. The van der Waals surface area contributed by atoms with Crippen molar-refractivity contribution in [3.05, 3.63) is 71.3 Å². The largest absolute Gasteiger partial charge is 0.478 e. The van der Waals surface area contributed by atoms with Crippen molar-refractivity contribution in [2.75, 3.05) is 6.54 Å². The molecule has 1 saturated heterocycles. The summed E-state index contributed by atoms with van der Waals surface area (Å²) in [5.41, 5.74) is 2.53. The summed E-state index contributed by atoms with van der Waals surface area (Å²) in [4.78, 5) is 31.1. The zero-order valence-electron chi connectivity index (χ0n) is 20.4. The van der Waals surface area contributed by atoms with E-state index in [1.54, 1.807) is 28.8 Å². The zero-order valence-corrected chi connectivity index (χ0v) is 20.4. The van der Waals surface area contributed by atoms with Crippen LogP contribution < -0.4 is 0 Å². The molecule has 8 heteroatoms. The van der Waals surface area contributed by atoms with Crippen LogP contribution in [0.15, 0.2) is 48.6 Å². The minimum Gasteiger partial charge on any atom is -0.478 e. The predicted octanol–water partition coefficient (Wildman–Crippen LogP) is 5.16. The van der Waals surface area contributed by atoms with Crippen LogP contribution in [0.1, 0.15) is 61.3 Å². The minimum absolute atomic E-state index is 0.0830. The quantitative estimate of drug-likeness (QED) is 0.396. The van der Waals surface area contributed by atoms with Crippen LogP contribution in [0, 0.1) is 11.2 Å². The number of carboxylic acids is 1. The van der Waals surface area contributed by atoms with E-state index in [0.29, 0.717) is 30.0 Å². The molecule has 36 heavy (non-hydrogen) atoms. The first-order chi connectivity index (χ1) is 17.3. The van der Waals surface area contributed by atoms with Crippen LogP contribution in [-0.4, -0.2) is 49.1 Å². The molecular formula is C28H29FN4O3. The van der Waals surface area contributed by atoms with E-state index >= 15 is 4.39 Å². The number of carboxylic acid groups (broad SMARTS) is 1. The maximum absolute atomic E-state index is 15.2. The molecule has 1 unspecified atom stereocenters. The van der Waals surface area contributed by atoms with Crippen molar-refractivity contribution < 1.29 is 19.1 Å². The third kappa shape index (κ3) is 4.10. The third-order valence-electron chi connectivity index (χ3n) is 7.70. The van der Waals surface area contributed by atoms with E-state index in [4.69, 9.17) is 5.11 Å². The zero-order chi connectivity index (χ0) is 25.4. The van der Waals surface area contributed by atoms with Crippen LogP contribution >= 0.6 is 0 Å². The molecule has 1 spiro atoms. The van der Waals surface area contributed by atoms with Gasteiger partial charge in [-0.25, -0.2) is 18.7 Å². The molecule has 1 fully saturated rings. The topological polar surface area (TPSA) is 87.8 Å². The molecule has 1 atom stereocenters. The molecule has 3 heterocycles. The number of benzene rings is 1. The summed E-state index contributed by atoms with van der Waals surface area (Å²) in [5, 5.41) is 13.5. The number of carbonyl (C=O) groups is 2. The lowest BCUT2D eigenvalue weighted by atomic mass is 9.72. The van der Waals surface area contributed by atoms with Gasteiger partial charge in [-0.1, -0.05) is 31.2 Å². The molecule has 186 valence electrons. The van der Waals surface area contributed by atoms with Gasteiger partial charge in [0.1, 0.15) is 11.5 Å². The van der Waals surface area contributed by atoms with Crippen molar-refractivity contribution in [2.45, 2.75) is 52.0 Å². The lowest BCUT2D eigenvalue weighted by Gasteiger charge is -2.46. The minimum atomic E-state index is -1.15. The molecular weight excluding hydrogens is 459 g/mol. The smallest absolute Gasteiger partial charge is 0.328 e. The van der Waals surface area contributed by atoms with Crippen LogP contribution in [0.25, 0.3) is 23.0 Å². The van der Waals surface area contributed by atoms with Crippen LogP contribution in [0.4, 0.5) is 4.39 Å². The molecule has 0 saturated carbocycles. The molecule has 2 aromatic heterocycles. The summed E-state index contributed by atoms with van der Waals surface area (Å²) in [7, 11) is 0. The molecule has 7 nitrogen and oxygen atoms in total. The Hall–Kier alpha value is -3.81. The number of likely N-dealkylation sites (tertiary alicyclic amines) is 1.